The van der Waals surface area contributed by atoms with Crippen molar-refractivity contribution in [3.05, 3.63) is 101 Å². The van der Waals surface area contributed by atoms with Crippen LogP contribution in [0.3, 0.4) is 0 Å². The number of nitrogens with one attached hydrogen (secondary N) is 2. The Morgan fingerprint density at radius 2 is 1.48 bits per heavy atom. The van der Waals surface area contributed by atoms with E-state index in [1.54, 1.807) is 24.3 Å². The van der Waals surface area contributed by atoms with Crippen molar-refractivity contribution in [2.24, 2.45) is 0 Å². The number of carbonyl (C=O) groups excluding carboxylic acids is 3. The molecule has 0 saturated carbocycles. The Morgan fingerprint density at radius 3 is 2.15 bits per heavy atom. The highest BCUT2D eigenvalue weighted by atomic mass is 19.1. The molecule has 0 aromatic heterocycles. The molecule has 0 heterocycles. The number of hydrogen-bond acceptors (Lipinski definition) is 3. The average molecular weight is 448 g/mol. The predicted octanol–water partition coefficient (Wildman–Crippen LogP) is 3.46. The summed E-state index contributed by atoms with van der Waals surface area (Å²) in [6.45, 7) is 1.66. The Bertz CT molecular complexity index is 1080. The van der Waals surface area contributed by atoms with E-state index in [9.17, 15) is 18.8 Å². The number of halogens is 1. The molecule has 0 aliphatic carbocycles. The molecule has 3 amide bonds. The van der Waals surface area contributed by atoms with Gasteiger partial charge in [0.25, 0.3) is 0 Å². The van der Waals surface area contributed by atoms with Crippen molar-refractivity contribution in [3.8, 4) is 0 Å². The lowest BCUT2D eigenvalue weighted by molar-refractivity contribution is -0.136. The van der Waals surface area contributed by atoms with Crippen LogP contribution in [0, 0.1) is 12.7 Å². The molecule has 0 radical (unpaired) electrons. The van der Waals surface area contributed by atoms with Crippen molar-refractivity contribution in [2.45, 2.75) is 19.9 Å². The fourth-order valence-electron chi connectivity index (χ4n) is 3.17. The van der Waals surface area contributed by atoms with Crippen LogP contribution in [0.4, 0.5) is 10.1 Å². The van der Waals surface area contributed by atoms with E-state index in [2.05, 4.69) is 10.6 Å². The minimum absolute atomic E-state index is 0.128. The summed E-state index contributed by atoms with van der Waals surface area (Å²) in [6.07, 6.45) is 0.128. The molecular formula is C26H26FN3O3. The number of anilines is 1. The minimum Gasteiger partial charge on any atom is -0.345 e. The first-order valence-corrected chi connectivity index (χ1v) is 10.6. The van der Waals surface area contributed by atoms with Gasteiger partial charge < -0.3 is 15.5 Å². The van der Waals surface area contributed by atoms with E-state index in [-0.39, 0.29) is 43.7 Å². The summed E-state index contributed by atoms with van der Waals surface area (Å²) in [5.41, 5.74) is 3.23. The monoisotopic (exact) mass is 447 g/mol. The van der Waals surface area contributed by atoms with Crippen LogP contribution in [0.1, 0.15) is 16.7 Å². The van der Waals surface area contributed by atoms with Gasteiger partial charge in [0, 0.05) is 12.2 Å². The molecule has 0 aliphatic heterocycles. The summed E-state index contributed by atoms with van der Waals surface area (Å²) in [5.74, 6) is -1.45. The van der Waals surface area contributed by atoms with Crippen LogP contribution in [-0.4, -0.2) is 35.7 Å². The number of rotatable bonds is 9. The number of nitrogens with zero attached hydrogens (tertiary/aromatic N) is 1. The summed E-state index contributed by atoms with van der Waals surface area (Å²) >= 11 is 0. The summed E-state index contributed by atoms with van der Waals surface area (Å²) < 4.78 is 13.2. The van der Waals surface area contributed by atoms with Crippen LogP contribution in [0.25, 0.3) is 0 Å². The van der Waals surface area contributed by atoms with E-state index in [1.165, 1.54) is 17.0 Å². The Morgan fingerprint density at radius 1 is 0.818 bits per heavy atom. The number of amides is 3. The molecule has 3 aromatic carbocycles. The second kappa shape index (κ2) is 11.6. The summed E-state index contributed by atoms with van der Waals surface area (Å²) in [5, 5.41) is 5.26. The van der Waals surface area contributed by atoms with Crippen LogP contribution in [0.2, 0.25) is 0 Å². The highest BCUT2D eigenvalue weighted by Crippen LogP contribution is 2.10. The van der Waals surface area contributed by atoms with E-state index < -0.39 is 5.91 Å². The Labute approximate surface area is 192 Å². The van der Waals surface area contributed by atoms with Gasteiger partial charge in [-0.05, 0) is 42.3 Å². The van der Waals surface area contributed by atoms with Gasteiger partial charge in [-0.3, -0.25) is 14.4 Å². The maximum atomic E-state index is 13.2. The number of hydrogen-bond donors (Lipinski definition) is 2. The quantitative estimate of drug-likeness (QED) is 0.527. The zero-order chi connectivity index (χ0) is 23.6. The minimum atomic E-state index is -0.461. The lowest BCUT2D eigenvalue weighted by Gasteiger charge is -2.22. The van der Waals surface area contributed by atoms with Gasteiger partial charge in [0.2, 0.25) is 17.7 Å². The standard InChI is InChI=1S/C26H26FN3O3/c1-19-7-13-23(14-8-19)29-24(31)16-28-25(32)18-30(17-21-9-11-22(27)12-10-21)26(33)15-20-5-3-2-4-6-20/h2-14H,15-18H2,1H3,(H,28,32)(H,29,31). The summed E-state index contributed by atoms with van der Waals surface area (Å²) in [7, 11) is 0. The van der Waals surface area contributed by atoms with Crippen molar-refractivity contribution in [2.75, 3.05) is 18.4 Å². The van der Waals surface area contributed by atoms with Crippen molar-refractivity contribution in [1.29, 1.82) is 0 Å². The topological polar surface area (TPSA) is 78.5 Å². The number of carbonyl (C=O) groups is 3. The van der Waals surface area contributed by atoms with Crippen molar-refractivity contribution in [3.63, 3.8) is 0 Å². The van der Waals surface area contributed by atoms with Gasteiger partial charge in [0.05, 0.1) is 19.5 Å². The van der Waals surface area contributed by atoms with E-state index in [0.29, 0.717) is 11.3 Å². The zero-order valence-corrected chi connectivity index (χ0v) is 18.4. The molecule has 0 aliphatic rings. The maximum absolute atomic E-state index is 13.2. The number of aryl methyl sites for hydroxylation is 1. The fraction of sp³-hybridized carbons (Fsp3) is 0.192. The number of benzene rings is 3. The Hall–Kier alpha value is -4.00. The van der Waals surface area contributed by atoms with Crippen molar-refractivity contribution < 1.29 is 18.8 Å². The van der Waals surface area contributed by atoms with E-state index in [1.807, 2.05) is 49.4 Å². The molecule has 0 unspecified atom stereocenters. The van der Waals surface area contributed by atoms with Crippen molar-refractivity contribution >= 4 is 23.4 Å². The second-order valence-corrected chi connectivity index (χ2v) is 7.73. The third-order valence-electron chi connectivity index (χ3n) is 4.95. The van der Waals surface area contributed by atoms with Gasteiger partial charge in [0.15, 0.2) is 0 Å². The average Bonchev–Trinajstić information content (AvgIpc) is 2.81. The zero-order valence-electron chi connectivity index (χ0n) is 18.4. The van der Waals surface area contributed by atoms with Crippen molar-refractivity contribution in [1.82, 2.24) is 10.2 Å². The van der Waals surface area contributed by atoms with Crippen LogP contribution < -0.4 is 10.6 Å². The third-order valence-corrected chi connectivity index (χ3v) is 4.95. The van der Waals surface area contributed by atoms with Gasteiger partial charge in [-0.25, -0.2) is 4.39 Å². The van der Waals surface area contributed by atoms with E-state index in [0.717, 1.165) is 11.1 Å². The molecule has 0 atom stereocenters. The molecule has 0 spiro atoms. The van der Waals surface area contributed by atoms with Gasteiger partial charge in [-0.15, -0.1) is 0 Å². The molecule has 3 aromatic rings. The molecule has 3 rings (SSSR count). The lowest BCUT2D eigenvalue weighted by atomic mass is 10.1. The first-order chi connectivity index (χ1) is 15.9. The van der Waals surface area contributed by atoms with Crippen LogP contribution in [0.5, 0.6) is 0 Å². The van der Waals surface area contributed by atoms with Crippen LogP contribution in [0.15, 0.2) is 78.9 Å². The maximum Gasteiger partial charge on any atom is 0.243 e. The Balaban J connectivity index is 1.59. The van der Waals surface area contributed by atoms with Crippen LogP contribution in [-0.2, 0) is 27.3 Å². The van der Waals surface area contributed by atoms with Gasteiger partial charge in [0.1, 0.15) is 5.82 Å². The first-order valence-electron chi connectivity index (χ1n) is 10.6. The second-order valence-electron chi connectivity index (χ2n) is 7.73. The SMILES string of the molecule is Cc1ccc(NC(=O)CNC(=O)CN(Cc2ccc(F)cc2)C(=O)Cc2ccccc2)cc1. The normalized spacial score (nSPS) is 10.4. The lowest BCUT2D eigenvalue weighted by Crippen LogP contribution is -2.43. The Kier molecular flexibility index (Phi) is 8.30. The highest BCUT2D eigenvalue weighted by Gasteiger charge is 2.19. The first kappa shape index (κ1) is 23.7. The van der Waals surface area contributed by atoms with Gasteiger partial charge in [-0.1, -0.05) is 60.2 Å². The van der Waals surface area contributed by atoms with E-state index in [4.69, 9.17) is 0 Å². The predicted molar refractivity (Wildman–Crippen MR) is 125 cm³/mol. The van der Waals surface area contributed by atoms with Crippen LogP contribution >= 0.6 is 0 Å². The molecule has 170 valence electrons. The fourth-order valence-corrected chi connectivity index (χ4v) is 3.17. The molecular weight excluding hydrogens is 421 g/mol. The summed E-state index contributed by atoms with van der Waals surface area (Å²) in [6, 6.07) is 22.3. The smallest absolute Gasteiger partial charge is 0.243 e. The molecule has 0 fully saturated rings. The largest absolute Gasteiger partial charge is 0.345 e. The molecule has 0 bridgehead atoms. The highest BCUT2D eigenvalue weighted by molar-refractivity contribution is 5.95. The van der Waals surface area contributed by atoms with E-state index >= 15 is 0 Å². The molecule has 2 N–H and O–H groups in total. The van der Waals surface area contributed by atoms with Gasteiger partial charge in [-0.2, -0.15) is 0 Å². The van der Waals surface area contributed by atoms with Gasteiger partial charge >= 0.3 is 0 Å². The summed E-state index contributed by atoms with van der Waals surface area (Å²) in [4.78, 5) is 39.0. The third kappa shape index (κ3) is 7.88. The molecule has 0 saturated heterocycles. The molecule has 33 heavy (non-hydrogen) atoms. The molecule has 6 nitrogen and oxygen atoms in total. The molecule has 7 heteroatoms.